The SMILES string of the molecule is CC(CN(C)c1nccn(C)c1=O)C(N)=S. The van der Waals surface area contributed by atoms with E-state index in [1.807, 2.05) is 6.92 Å². The molecule has 1 heterocycles. The summed E-state index contributed by atoms with van der Waals surface area (Å²) in [7, 11) is 3.50. The predicted octanol–water partition coefficient (Wildman–Crippen LogP) is 0.139. The fourth-order valence-electron chi connectivity index (χ4n) is 1.33. The number of aromatic nitrogens is 2. The Bertz CT molecular complexity index is 443. The van der Waals surface area contributed by atoms with Crippen LogP contribution in [0.15, 0.2) is 17.2 Å². The van der Waals surface area contributed by atoms with Crippen LogP contribution in [0.25, 0.3) is 0 Å². The average molecular weight is 240 g/mol. The first kappa shape index (κ1) is 12.6. The van der Waals surface area contributed by atoms with E-state index in [-0.39, 0.29) is 11.5 Å². The van der Waals surface area contributed by atoms with Gasteiger partial charge in [-0.15, -0.1) is 0 Å². The van der Waals surface area contributed by atoms with Gasteiger partial charge in [-0.2, -0.15) is 0 Å². The quantitative estimate of drug-likeness (QED) is 0.758. The molecular formula is C10H16N4OS. The van der Waals surface area contributed by atoms with Crippen LogP contribution in [-0.4, -0.2) is 28.1 Å². The summed E-state index contributed by atoms with van der Waals surface area (Å²) in [6.45, 7) is 2.51. The number of aryl methyl sites for hydroxylation is 1. The first-order valence-corrected chi connectivity index (χ1v) is 5.36. The largest absolute Gasteiger partial charge is 0.393 e. The maximum atomic E-state index is 11.8. The van der Waals surface area contributed by atoms with Crippen LogP contribution in [0.2, 0.25) is 0 Å². The summed E-state index contributed by atoms with van der Waals surface area (Å²) in [6.07, 6.45) is 3.22. The molecule has 1 aromatic heterocycles. The molecule has 0 spiro atoms. The van der Waals surface area contributed by atoms with Crippen molar-refractivity contribution in [3.63, 3.8) is 0 Å². The minimum Gasteiger partial charge on any atom is -0.393 e. The van der Waals surface area contributed by atoms with E-state index in [1.54, 1.807) is 31.4 Å². The summed E-state index contributed by atoms with van der Waals surface area (Å²) >= 11 is 4.89. The van der Waals surface area contributed by atoms with E-state index in [4.69, 9.17) is 18.0 Å². The summed E-state index contributed by atoms with van der Waals surface area (Å²) in [5, 5.41) is 0. The van der Waals surface area contributed by atoms with Gasteiger partial charge in [0.1, 0.15) is 0 Å². The van der Waals surface area contributed by atoms with Gasteiger partial charge in [0.05, 0.1) is 4.99 Å². The van der Waals surface area contributed by atoms with E-state index >= 15 is 0 Å². The van der Waals surface area contributed by atoms with Crippen molar-refractivity contribution in [3.05, 3.63) is 22.7 Å². The zero-order chi connectivity index (χ0) is 12.3. The molecule has 5 nitrogen and oxygen atoms in total. The molecule has 0 aliphatic rings. The Morgan fingerprint density at radius 1 is 1.75 bits per heavy atom. The Morgan fingerprint density at radius 3 is 2.94 bits per heavy atom. The van der Waals surface area contributed by atoms with Crippen molar-refractivity contribution in [2.75, 3.05) is 18.5 Å². The molecule has 88 valence electrons. The van der Waals surface area contributed by atoms with Crippen LogP contribution >= 0.6 is 12.2 Å². The highest BCUT2D eigenvalue weighted by Crippen LogP contribution is 2.05. The first-order valence-electron chi connectivity index (χ1n) is 4.95. The Balaban J connectivity index is 2.89. The van der Waals surface area contributed by atoms with Crippen molar-refractivity contribution in [2.24, 2.45) is 18.7 Å². The van der Waals surface area contributed by atoms with Crippen LogP contribution < -0.4 is 16.2 Å². The third kappa shape index (κ3) is 2.79. The van der Waals surface area contributed by atoms with Crippen molar-refractivity contribution in [1.29, 1.82) is 0 Å². The second-order valence-electron chi connectivity index (χ2n) is 3.85. The first-order chi connectivity index (χ1) is 7.43. The molecule has 6 heteroatoms. The number of thiocarbonyl (C=S) groups is 1. The van der Waals surface area contributed by atoms with Crippen molar-refractivity contribution in [3.8, 4) is 0 Å². The lowest BCUT2D eigenvalue weighted by molar-refractivity contribution is 0.720. The van der Waals surface area contributed by atoms with Gasteiger partial charge in [-0.1, -0.05) is 19.1 Å². The molecule has 16 heavy (non-hydrogen) atoms. The molecule has 0 aromatic carbocycles. The highest BCUT2D eigenvalue weighted by Gasteiger charge is 2.13. The van der Waals surface area contributed by atoms with Crippen molar-refractivity contribution in [2.45, 2.75) is 6.92 Å². The topological polar surface area (TPSA) is 64.2 Å². The van der Waals surface area contributed by atoms with Gasteiger partial charge in [0, 0.05) is 39.0 Å². The van der Waals surface area contributed by atoms with Crippen molar-refractivity contribution < 1.29 is 0 Å². The minimum absolute atomic E-state index is 0.0479. The molecule has 0 saturated heterocycles. The van der Waals surface area contributed by atoms with Crippen molar-refractivity contribution in [1.82, 2.24) is 9.55 Å². The normalized spacial score (nSPS) is 12.2. The molecule has 1 atom stereocenters. The van der Waals surface area contributed by atoms with Gasteiger partial charge in [-0.3, -0.25) is 4.79 Å². The second kappa shape index (κ2) is 5.07. The maximum absolute atomic E-state index is 11.8. The van der Waals surface area contributed by atoms with Crippen LogP contribution in [0.1, 0.15) is 6.92 Å². The van der Waals surface area contributed by atoms with E-state index in [2.05, 4.69) is 4.98 Å². The maximum Gasteiger partial charge on any atom is 0.293 e. The van der Waals surface area contributed by atoms with E-state index < -0.39 is 0 Å². The smallest absolute Gasteiger partial charge is 0.293 e. The van der Waals surface area contributed by atoms with Crippen LogP contribution in [-0.2, 0) is 7.05 Å². The van der Waals surface area contributed by atoms with E-state index in [0.717, 1.165) is 0 Å². The Kier molecular flexibility index (Phi) is 4.00. The Labute approximate surface area is 99.9 Å². The van der Waals surface area contributed by atoms with E-state index in [9.17, 15) is 4.79 Å². The zero-order valence-electron chi connectivity index (χ0n) is 9.67. The van der Waals surface area contributed by atoms with Gasteiger partial charge in [0.25, 0.3) is 5.56 Å². The molecule has 0 amide bonds. The molecule has 0 fully saturated rings. The molecule has 0 saturated carbocycles. The third-order valence-corrected chi connectivity index (χ3v) is 2.80. The van der Waals surface area contributed by atoms with Crippen LogP contribution in [0.3, 0.4) is 0 Å². The van der Waals surface area contributed by atoms with E-state index in [1.165, 1.54) is 4.57 Å². The number of nitrogens with two attached hydrogens (primary N) is 1. The van der Waals surface area contributed by atoms with Gasteiger partial charge < -0.3 is 15.2 Å². The van der Waals surface area contributed by atoms with Crippen molar-refractivity contribution >= 4 is 23.0 Å². The lowest BCUT2D eigenvalue weighted by Crippen LogP contribution is -2.36. The number of hydrogen-bond donors (Lipinski definition) is 1. The molecule has 1 rings (SSSR count). The highest BCUT2D eigenvalue weighted by atomic mass is 32.1. The number of hydrogen-bond acceptors (Lipinski definition) is 4. The Morgan fingerprint density at radius 2 is 2.38 bits per heavy atom. The Hall–Kier alpha value is -1.43. The summed E-state index contributed by atoms with van der Waals surface area (Å²) in [4.78, 5) is 18.0. The van der Waals surface area contributed by atoms with Gasteiger partial charge in [0.15, 0.2) is 5.82 Å². The van der Waals surface area contributed by atoms with Gasteiger partial charge in [-0.05, 0) is 0 Å². The lowest BCUT2D eigenvalue weighted by Gasteiger charge is -2.21. The zero-order valence-corrected chi connectivity index (χ0v) is 10.5. The fourth-order valence-corrected chi connectivity index (χ4v) is 1.41. The number of nitrogens with zero attached hydrogens (tertiary/aromatic N) is 3. The molecular weight excluding hydrogens is 224 g/mol. The highest BCUT2D eigenvalue weighted by molar-refractivity contribution is 7.80. The molecule has 0 radical (unpaired) electrons. The van der Waals surface area contributed by atoms with Crippen LogP contribution in [0.5, 0.6) is 0 Å². The monoisotopic (exact) mass is 240 g/mol. The average Bonchev–Trinajstić information content (AvgIpc) is 2.21. The molecule has 0 bridgehead atoms. The van der Waals surface area contributed by atoms with Gasteiger partial charge in [-0.25, -0.2) is 4.98 Å². The summed E-state index contributed by atoms with van der Waals surface area (Å²) < 4.78 is 1.49. The lowest BCUT2D eigenvalue weighted by atomic mass is 10.2. The summed E-state index contributed by atoms with van der Waals surface area (Å²) in [6, 6.07) is 0. The van der Waals surface area contributed by atoms with E-state index in [0.29, 0.717) is 17.4 Å². The van der Waals surface area contributed by atoms with Gasteiger partial charge >= 0.3 is 0 Å². The third-order valence-electron chi connectivity index (χ3n) is 2.39. The van der Waals surface area contributed by atoms with Crippen LogP contribution in [0.4, 0.5) is 5.82 Å². The standard InChI is InChI=1S/C10H16N4OS/c1-7(8(11)16)6-14(3)9-10(15)13(2)5-4-12-9/h4-5,7H,6H2,1-3H3,(H2,11,16). The molecule has 0 aliphatic carbocycles. The van der Waals surface area contributed by atoms with Gasteiger partial charge in [0.2, 0.25) is 0 Å². The molecule has 2 N–H and O–H groups in total. The van der Waals surface area contributed by atoms with Crippen LogP contribution in [0, 0.1) is 5.92 Å². The molecule has 1 unspecified atom stereocenters. The molecule has 0 aliphatic heterocycles. The summed E-state index contributed by atoms with van der Waals surface area (Å²) in [5.41, 5.74) is 5.41. The molecule has 1 aromatic rings. The predicted molar refractivity (Wildman–Crippen MR) is 68.7 cm³/mol. The minimum atomic E-state index is -0.125. The summed E-state index contributed by atoms with van der Waals surface area (Å²) in [5.74, 6) is 0.458. The second-order valence-corrected chi connectivity index (χ2v) is 4.32. The number of rotatable bonds is 4. The fraction of sp³-hybridized carbons (Fsp3) is 0.500. The number of anilines is 1.